The Kier molecular flexibility index (Phi) is 8.59. The van der Waals surface area contributed by atoms with Crippen molar-refractivity contribution in [2.45, 2.75) is 59.7 Å². The van der Waals surface area contributed by atoms with Crippen LogP contribution in [0.2, 0.25) is 0 Å². The molecule has 2 amide bonds. The molecule has 0 atom stereocenters. The molecule has 0 radical (unpaired) electrons. The van der Waals surface area contributed by atoms with Crippen molar-refractivity contribution < 1.29 is 14.3 Å². The SMILES string of the molecule is CC(C)=CCn1c(N2CCCN(C(=O)OC(C)(C)C)CC2)c(C(N)=O)c2c1c(=O)n(Cc1nccc3ccccc13)c(=O)n2C. The van der Waals surface area contributed by atoms with E-state index in [0.717, 1.165) is 20.9 Å². The maximum atomic E-state index is 14.4. The average Bonchev–Trinajstić information content (AvgIpc) is 3.12. The zero-order valence-corrected chi connectivity index (χ0v) is 26.8. The van der Waals surface area contributed by atoms with Gasteiger partial charge in [-0.1, -0.05) is 35.9 Å². The molecule has 1 aliphatic rings. The van der Waals surface area contributed by atoms with Crippen molar-refractivity contribution in [1.29, 1.82) is 0 Å². The molecule has 1 aromatic carbocycles. The van der Waals surface area contributed by atoms with Gasteiger partial charge < -0.3 is 24.8 Å². The first-order chi connectivity index (χ1) is 21.3. The third-order valence-corrected chi connectivity index (χ3v) is 7.95. The summed E-state index contributed by atoms with van der Waals surface area (Å²) in [6.07, 6.45) is 3.81. The number of nitrogens with zero attached hydrogens (tertiary/aromatic N) is 6. The van der Waals surface area contributed by atoms with Crippen molar-refractivity contribution in [1.82, 2.24) is 23.6 Å². The van der Waals surface area contributed by atoms with E-state index in [0.29, 0.717) is 44.1 Å². The normalized spacial score (nSPS) is 14.1. The van der Waals surface area contributed by atoms with Crippen LogP contribution in [0, 0.1) is 0 Å². The number of primary amides is 1. The molecule has 0 aliphatic carbocycles. The number of ether oxygens (including phenoxy) is 1. The molecule has 2 N–H and O–H groups in total. The second kappa shape index (κ2) is 12.3. The highest BCUT2D eigenvalue weighted by Gasteiger charge is 2.32. The number of anilines is 1. The minimum Gasteiger partial charge on any atom is -0.444 e. The van der Waals surface area contributed by atoms with Crippen LogP contribution in [-0.4, -0.2) is 67.4 Å². The molecule has 12 nitrogen and oxygen atoms in total. The fourth-order valence-corrected chi connectivity index (χ4v) is 5.87. The second-order valence-electron chi connectivity index (χ2n) is 12.7. The zero-order chi connectivity index (χ0) is 32.6. The van der Waals surface area contributed by atoms with Gasteiger partial charge in [-0.3, -0.25) is 23.7 Å². The van der Waals surface area contributed by atoms with Crippen molar-refractivity contribution >= 4 is 39.6 Å². The number of nitrogens with two attached hydrogens (primary N) is 1. The molecule has 0 spiro atoms. The fourth-order valence-electron chi connectivity index (χ4n) is 5.87. The zero-order valence-electron chi connectivity index (χ0n) is 26.8. The Morgan fingerprint density at radius 1 is 1.00 bits per heavy atom. The van der Waals surface area contributed by atoms with Gasteiger partial charge >= 0.3 is 11.8 Å². The van der Waals surface area contributed by atoms with Crippen LogP contribution < -0.4 is 21.9 Å². The van der Waals surface area contributed by atoms with Gasteiger partial charge in [0.2, 0.25) is 0 Å². The number of fused-ring (bicyclic) bond motifs is 2. The van der Waals surface area contributed by atoms with Gasteiger partial charge in [-0.15, -0.1) is 0 Å². The first-order valence-electron chi connectivity index (χ1n) is 15.1. The Labute approximate surface area is 261 Å². The molecule has 1 saturated heterocycles. The number of pyridine rings is 1. The van der Waals surface area contributed by atoms with E-state index in [1.807, 2.05) is 75.9 Å². The Morgan fingerprint density at radius 3 is 2.42 bits per heavy atom. The Morgan fingerprint density at radius 2 is 1.73 bits per heavy atom. The van der Waals surface area contributed by atoms with Crippen LogP contribution >= 0.6 is 0 Å². The van der Waals surface area contributed by atoms with Gasteiger partial charge in [-0.2, -0.15) is 0 Å². The van der Waals surface area contributed by atoms with Crippen molar-refractivity contribution in [3.63, 3.8) is 0 Å². The maximum Gasteiger partial charge on any atom is 0.410 e. The van der Waals surface area contributed by atoms with Gasteiger partial charge in [0.15, 0.2) is 0 Å². The lowest BCUT2D eigenvalue weighted by atomic mass is 10.1. The lowest BCUT2D eigenvalue weighted by molar-refractivity contribution is 0.0263. The summed E-state index contributed by atoms with van der Waals surface area (Å²) in [7, 11) is 1.55. The summed E-state index contributed by atoms with van der Waals surface area (Å²) in [5.74, 6) is -0.295. The maximum absolute atomic E-state index is 14.4. The smallest absolute Gasteiger partial charge is 0.410 e. The van der Waals surface area contributed by atoms with Crippen molar-refractivity contribution in [2.75, 3.05) is 31.1 Å². The number of hydrogen-bond donors (Lipinski definition) is 1. The summed E-state index contributed by atoms with van der Waals surface area (Å²) in [5, 5.41) is 1.78. The molecule has 238 valence electrons. The van der Waals surface area contributed by atoms with Crippen LogP contribution in [0.3, 0.4) is 0 Å². The van der Waals surface area contributed by atoms with Crippen molar-refractivity contribution in [2.24, 2.45) is 12.8 Å². The van der Waals surface area contributed by atoms with Gasteiger partial charge in [0, 0.05) is 51.4 Å². The predicted molar refractivity (Wildman–Crippen MR) is 175 cm³/mol. The molecule has 0 bridgehead atoms. The van der Waals surface area contributed by atoms with E-state index in [2.05, 4.69) is 4.98 Å². The third kappa shape index (κ3) is 6.22. The summed E-state index contributed by atoms with van der Waals surface area (Å²) >= 11 is 0. The van der Waals surface area contributed by atoms with Crippen LogP contribution in [0.15, 0.2) is 57.8 Å². The number of allylic oxidation sites excluding steroid dienone is 2. The molecule has 4 heterocycles. The van der Waals surface area contributed by atoms with E-state index in [1.54, 1.807) is 22.7 Å². The van der Waals surface area contributed by atoms with E-state index in [4.69, 9.17) is 10.5 Å². The molecule has 4 aromatic rings. The molecule has 1 aliphatic heterocycles. The highest BCUT2D eigenvalue weighted by atomic mass is 16.6. The number of benzene rings is 1. The fraction of sp³-hybridized carbons (Fsp3) is 0.424. The number of rotatable bonds is 6. The summed E-state index contributed by atoms with van der Waals surface area (Å²) < 4.78 is 9.87. The Balaban J connectivity index is 1.69. The standard InChI is InChI=1S/C33H41N7O5/c1-21(2)13-17-39-27-26(25(28(34)41)29(39)37-15-9-16-38(19-18-37)32(44)45-33(3,4)5)36(6)31(43)40(30(27)42)20-24-23-11-8-7-10-22(23)12-14-35-24/h7-8,10-14H,9,15-20H2,1-6H3,(H2,34,41). The monoisotopic (exact) mass is 615 g/mol. The number of carbonyl (C=O) groups excluding carboxylic acids is 2. The summed E-state index contributed by atoms with van der Waals surface area (Å²) in [6, 6.07) is 9.54. The number of carbonyl (C=O) groups is 2. The minimum atomic E-state index is -0.748. The van der Waals surface area contributed by atoms with Crippen LogP contribution in [0.4, 0.5) is 10.6 Å². The van der Waals surface area contributed by atoms with Gasteiger partial charge in [-0.05, 0) is 52.5 Å². The summed E-state index contributed by atoms with van der Waals surface area (Å²) in [4.78, 5) is 62.4. The summed E-state index contributed by atoms with van der Waals surface area (Å²) in [6.45, 7) is 11.3. The first-order valence-corrected chi connectivity index (χ1v) is 15.1. The molecule has 45 heavy (non-hydrogen) atoms. The highest BCUT2D eigenvalue weighted by Crippen LogP contribution is 2.32. The van der Waals surface area contributed by atoms with E-state index in [-0.39, 0.29) is 29.7 Å². The molecule has 1 fully saturated rings. The summed E-state index contributed by atoms with van der Waals surface area (Å²) in [5.41, 5.74) is 6.35. The van der Waals surface area contributed by atoms with Gasteiger partial charge in [0.05, 0.1) is 17.8 Å². The van der Waals surface area contributed by atoms with E-state index in [1.165, 1.54) is 4.57 Å². The molecule has 5 rings (SSSR count). The average molecular weight is 616 g/mol. The van der Waals surface area contributed by atoms with Crippen LogP contribution in [-0.2, 0) is 24.9 Å². The third-order valence-electron chi connectivity index (χ3n) is 7.95. The molecule has 0 unspecified atom stereocenters. The Hall–Kier alpha value is -4.87. The molecular formula is C33H41N7O5. The lowest BCUT2D eigenvalue weighted by Gasteiger charge is -2.27. The van der Waals surface area contributed by atoms with Gasteiger partial charge in [-0.25, -0.2) is 9.59 Å². The largest absolute Gasteiger partial charge is 0.444 e. The van der Waals surface area contributed by atoms with E-state index >= 15 is 0 Å². The van der Waals surface area contributed by atoms with E-state index < -0.39 is 28.9 Å². The van der Waals surface area contributed by atoms with Crippen LogP contribution in [0.1, 0.15) is 57.1 Å². The number of aryl methyl sites for hydroxylation is 1. The number of amides is 2. The molecular weight excluding hydrogens is 574 g/mol. The molecule has 3 aromatic heterocycles. The topological polar surface area (TPSA) is 138 Å². The quantitative estimate of drug-likeness (QED) is 0.327. The van der Waals surface area contributed by atoms with Crippen LogP contribution in [0.5, 0.6) is 0 Å². The van der Waals surface area contributed by atoms with Crippen molar-refractivity contribution in [3.8, 4) is 0 Å². The minimum absolute atomic E-state index is 0.0492. The second-order valence-corrected chi connectivity index (χ2v) is 12.7. The predicted octanol–water partition coefficient (Wildman–Crippen LogP) is 3.61. The number of hydrogen-bond acceptors (Lipinski definition) is 7. The highest BCUT2D eigenvalue weighted by molar-refractivity contribution is 6.10. The first kappa shape index (κ1) is 31.6. The molecule has 12 heteroatoms. The van der Waals surface area contributed by atoms with Crippen molar-refractivity contribution in [3.05, 3.63) is 80.3 Å². The molecule has 0 saturated carbocycles. The van der Waals surface area contributed by atoms with E-state index in [9.17, 15) is 19.2 Å². The van der Waals surface area contributed by atoms with Gasteiger partial charge in [0.25, 0.3) is 11.5 Å². The number of aromatic nitrogens is 4. The van der Waals surface area contributed by atoms with Gasteiger partial charge in [0.1, 0.15) is 22.5 Å². The Bertz CT molecular complexity index is 1930. The van der Waals surface area contributed by atoms with Crippen LogP contribution in [0.25, 0.3) is 21.8 Å². The lowest BCUT2D eigenvalue weighted by Crippen LogP contribution is -2.40.